The number of hydrogen-bond acceptors (Lipinski definition) is 5. The van der Waals surface area contributed by atoms with Crippen molar-refractivity contribution in [2.24, 2.45) is 0 Å². The summed E-state index contributed by atoms with van der Waals surface area (Å²) in [6.45, 7) is 0. The van der Waals surface area contributed by atoms with E-state index in [9.17, 15) is 22.7 Å². The Balaban J connectivity index is 1.80. The van der Waals surface area contributed by atoms with Gasteiger partial charge in [-0.1, -0.05) is 6.08 Å². The van der Waals surface area contributed by atoms with E-state index < -0.39 is 29.3 Å². The lowest BCUT2D eigenvalue weighted by Gasteiger charge is -2.30. The van der Waals surface area contributed by atoms with Crippen LogP contribution in [0, 0.1) is 0 Å². The van der Waals surface area contributed by atoms with Gasteiger partial charge in [0.15, 0.2) is 11.5 Å². The summed E-state index contributed by atoms with van der Waals surface area (Å²) in [5, 5.41) is 10.5. The Labute approximate surface area is 157 Å². The van der Waals surface area contributed by atoms with Gasteiger partial charge in [-0.05, 0) is 29.8 Å². The van der Waals surface area contributed by atoms with Crippen LogP contribution in [0.15, 0.2) is 66.0 Å². The average Bonchev–Trinajstić information content (AvgIpc) is 2.69. The van der Waals surface area contributed by atoms with E-state index in [0.717, 1.165) is 24.7 Å². The maximum Gasteiger partial charge on any atom is 0.342 e. The molecule has 0 bridgehead atoms. The number of hydrogen-bond donors (Lipinski definition) is 1. The Morgan fingerprint density at radius 2 is 1.61 bits per heavy atom. The molecule has 1 aromatic carbocycles. The monoisotopic (exact) mass is 400 g/mol. The lowest BCUT2D eigenvalue weighted by molar-refractivity contribution is -0.156. The molecule has 1 unspecified atom stereocenters. The van der Waals surface area contributed by atoms with Gasteiger partial charge in [-0.25, -0.2) is 0 Å². The summed E-state index contributed by atoms with van der Waals surface area (Å²) in [5.74, 6) is -8.75. The Kier molecular flexibility index (Phi) is 5.12. The Hall–Kier alpha value is -2.94. The first kappa shape index (κ1) is 19.8. The maximum absolute atomic E-state index is 14.0. The number of aliphatic hydroxyl groups is 1. The zero-order valence-electron chi connectivity index (χ0n) is 14.8. The average molecular weight is 400 g/mol. The van der Waals surface area contributed by atoms with E-state index in [4.69, 9.17) is 18.9 Å². The standard InChI is InChI=1S/C19H16F4O5/c1-25-12-6-11(7-13(8-12)26-2)17(24)16-10-27-15(9-28-16)14-4-3-5-18(20,21)19(14,22)23/h3-10,17,24H,1-2H3. The first-order chi connectivity index (χ1) is 13.2. The predicted molar refractivity (Wildman–Crippen MR) is 90.0 cm³/mol. The number of allylic oxidation sites excluding steroid dienone is 4. The second-order valence-corrected chi connectivity index (χ2v) is 5.92. The number of rotatable bonds is 5. The third kappa shape index (κ3) is 3.45. The summed E-state index contributed by atoms with van der Waals surface area (Å²) < 4.78 is 75.3. The Bertz CT molecular complexity index is 864. The zero-order valence-corrected chi connectivity index (χ0v) is 14.8. The molecule has 1 aliphatic carbocycles. The van der Waals surface area contributed by atoms with Crippen molar-refractivity contribution in [1.82, 2.24) is 0 Å². The van der Waals surface area contributed by atoms with Crippen molar-refractivity contribution in [2.45, 2.75) is 17.9 Å². The van der Waals surface area contributed by atoms with Crippen LogP contribution >= 0.6 is 0 Å². The normalized spacial score (nSPS) is 20.8. The molecule has 5 nitrogen and oxygen atoms in total. The van der Waals surface area contributed by atoms with Gasteiger partial charge in [-0.2, -0.15) is 17.6 Å². The lowest BCUT2D eigenvalue weighted by atomic mass is 9.95. The molecule has 0 fully saturated rings. The van der Waals surface area contributed by atoms with Crippen LogP contribution in [-0.2, 0) is 9.47 Å². The van der Waals surface area contributed by atoms with Gasteiger partial charge in [0.25, 0.3) is 0 Å². The molecule has 150 valence electrons. The number of aliphatic hydroxyl groups excluding tert-OH is 1. The lowest BCUT2D eigenvalue weighted by Crippen LogP contribution is -2.42. The second kappa shape index (κ2) is 7.23. The number of ether oxygens (including phenoxy) is 4. The highest BCUT2D eigenvalue weighted by atomic mass is 19.3. The summed E-state index contributed by atoms with van der Waals surface area (Å²) in [6, 6.07) is 4.62. The van der Waals surface area contributed by atoms with Gasteiger partial charge in [-0.15, -0.1) is 0 Å². The highest BCUT2D eigenvalue weighted by molar-refractivity contribution is 5.44. The molecule has 3 rings (SSSR count). The summed E-state index contributed by atoms with van der Waals surface area (Å²) in [4.78, 5) is 0. The fourth-order valence-corrected chi connectivity index (χ4v) is 2.60. The molecule has 0 spiro atoms. The van der Waals surface area contributed by atoms with Gasteiger partial charge < -0.3 is 24.1 Å². The van der Waals surface area contributed by atoms with Crippen molar-refractivity contribution in [1.29, 1.82) is 0 Å². The minimum atomic E-state index is -4.47. The van der Waals surface area contributed by atoms with E-state index in [2.05, 4.69) is 0 Å². The first-order valence-electron chi connectivity index (χ1n) is 8.00. The van der Waals surface area contributed by atoms with Gasteiger partial charge in [0, 0.05) is 6.07 Å². The summed E-state index contributed by atoms with van der Waals surface area (Å²) in [5.41, 5.74) is -0.715. The highest BCUT2D eigenvalue weighted by Crippen LogP contribution is 2.47. The molecule has 0 saturated carbocycles. The largest absolute Gasteiger partial charge is 0.497 e. The van der Waals surface area contributed by atoms with Crippen LogP contribution in [0.5, 0.6) is 11.5 Å². The molecule has 1 atom stereocenters. The first-order valence-corrected chi connectivity index (χ1v) is 8.00. The Morgan fingerprint density at radius 1 is 0.964 bits per heavy atom. The fraction of sp³-hybridized carbons (Fsp3) is 0.263. The zero-order chi connectivity index (χ0) is 20.5. The molecule has 28 heavy (non-hydrogen) atoms. The molecule has 2 aliphatic rings. The summed E-state index contributed by atoms with van der Waals surface area (Å²) in [7, 11) is 2.86. The van der Waals surface area contributed by atoms with Crippen LogP contribution in [0.1, 0.15) is 11.7 Å². The number of benzene rings is 1. The van der Waals surface area contributed by atoms with Gasteiger partial charge >= 0.3 is 11.8 Å². The van der Waals surface area contributed by atoms with Crippen molar-refractivity contribution in [3.8, 4) is 11.5 Å². The van der Waals surface area contributed by atoms with Crippen LogP contribution in [0.3, 0.4) is 0 Å². The van der Waals surface area contributed by atoms with Crippen LogP contribution in [0.4, 0.5) is 17.6 Å². The van der Waals surface area contributed by atoms with Crippen LogP contribution in [0.2, 0.25) is 0 Å². The molecule has 0 radical (unpaired) electrons. The summed E-state index contributed by atoms with van der Waals surface area (Å²) >= 11 is 0. The minimum absolute atomic E-state index is 0.113. The molecule has 1 aliphatic heterocycles. The van der Waals surface area contributed by atoms with E-state index in [1.54, 1.807) is 6.07 Å². The molecule has 0 amide bonds. The quantitative estimate of drug-likeness (QED) is 0.750. The van der Waals surface area contributed by atoms with E-state index >= 15 is 0 Å². The van der Waals surface area contributed by atoms with Gasteiger partial charge in [0.2, 0.25) is 0 Å². The topological polar surface area (TPSA) is 57.2 Å². The third-order valence-electron chi connectivity index (χ3n) is 4.15. The molecule has 1 heterocycles. The molecule has 1 N–H and O–H groups in total. The maximum atomic E-state index is 14.0. The van der Waals surface area contributed by atoms with Crippen molar-refractivity contribution in [2.75, 3.05) is 14.2 Å². The second-order valence-electron chi connectivity index (χ2n) is 5.92. The van der Waals surface area contributed by atoms with E-state index in [0.29, 0.717) is 17.1 Å². The number of alkyl halides is 4. The van der Waals surface area contributed by atoms with Gasteiger partial charge in [0.05, 0.1) is 19.8 Å². The fourth-order valence-electron chi connectivity index (χ4n) is 2.60. The van der Waals surface area contributed by atoms with Crippen molar-refractivity contribution in [3.05, 3.63) is 71.6 Å². The number of halogens is 4. The SMILES string of the molecule is COc1cc(OC)cc(C(O)C2=COC(C3=CC=CC(F)(F)C3(F)F)=CO2)c1. The van der Waals surface area contributed by atoms with Crippen LogP contribution < -0.4 is 9.47 Å². The van der Waals surface area contributed by atoms with Crippen LogP contribution in [-0.4, -0.2) is 31.2 Å². The molecule has 0 saturated heterocycles. The molecule has 1 aromatic rings. The molecular weight excluding hydrogens is 384 g/mol. The minimum Gasteiger partial charge on any atom is -0.497 e. The third-order valence-corrected chi connectivity index (χ3v) is 4.15. The van der Waals surface area contributed by atoms with Crippen molar-refractivity contribution >= 4 is 0 Å². The summed E-state index contributed by atoms with van der Waals surface area (Å²) in [6.07, 6.45) is 2.01. The highest BCUT2D eigenvalue weighted by Gasteiger charge is 2.59. The van der Waals surface area contributed by atoms with E-state index in [-0.39, 0.29) is 11.8 Å². The molecular formula is C19H16F4O5. The number of methoxy groups -OCH3 is 2. The predicted octanol–water partition coefficient (Wildman–Crippen LogP) is 4.23. The van der Waals surface area contributed by atoms with Crippen molar-refractivity contribution < 1.29 is 41.6 Å². The molecule has 0 aromatic heterocycles. The Morgan fingerprint density at radius 3 is 2.14 bits per heavy atom. The van der Waals surface area contributed by atoms with Crippen LogP contribution in [0.25, 0.3) is 0 Å². The van der Waals surface area contributed by atoms with E-state index in [1.807, 2.05) is 0 Å². The van der Waals surface area contributed by atoms with Gasteiger partial charge in [0.1, 0.15) is 30.1 Å². The smallest absolute Gasteiger partial charge is 0.342 e. The van der Waals surface area contributed by atoms with E-state index in [1.165, 1.54) is 26.4 Å². The van der Waals surface area contributed by atoms with Gasteiger partial charge in [-0.3, -0.25) is 0 Å². The van der Waals surface area contributed by atoms with Crippen molar-refractivity contribution in [3.63, 3.8) is 0 Å². The molecule has 9 heteroatoms.